The highest BCUT2D eigenvalue weighted by atomic mass is 35.5. The average Bonchev–Trinajstić information content (AvgIpc) is 2.99. The zero-order valence-corrected chi connectivity index (χ0v) is 14.9. The largest absolute Gasteiger partial charge is 0.391 e. The number of carbonyl (C=O) groups excluding carboxylic acids is 1. The topological polar surface area (TPSA) is 70.6 Å². The van der Waals surface area contributed by atoms with Crippen LogP contribution in [0.4, 0.5) is 0 Å². The first-order valence-electron chi connectivity index (χ1n) is 8.44. The molecule has 1 aromatic rings. The van der Waals surface area contributed by atoms with Crippen LogP contribution < -0.4 is 10.6 Å². The van der Waals surface area contributed by atoms with Gasteiger partial charge in [0.05, 0.1) is 11.5 Å². The van der Waals surface area contributed by atoms with E-state index >= 15 is 0 Å². The molecule has 0 aliphatic carbocycles. The Morgan fingerprint density at radius 2 is 1.96 bits per heavy atom. The van der Waals surface area contributed by atoms with Crippen LogP contribution in [-0.2, 0) is 14.9 Å². The predicted octanol–water partition coefficient (Wildman–Crippen LogP) is 1.16. The van der Waals surface area contributed by atoms with Gasteiger partial charge in [0.25, 0.3) is 0 Å². The molecule has 0 radical (unpaired) electrons. The number of carbonyl (C=O) groups is 1. The Hall–Kier alpha value is -1.14. The molecule has 6 heteroatoms. The molecule has 2 unspecified atom stereocenters. The summed E-state index contributed by atoms with van der Waals surface area (Å²) in [5, 5.41) is 16.1. The van der Waals surface area contributed by atoms with Crippen LogP contribution in [0.25, 0.3) is 0 Å². The number of aliphatic hydroxyl groups is 1. The number of nitrogens with one attached hydrogen (secondary N) is 2. The number of aryl methyl sites for hydroxylation is 1. The van der Waals surface area contributed by atoms with Crippen LogP contribution in [0.2, 0.25) is 0 Å². The Labute approximate surface area is 149 Å². The van der Waals surface area contributed by atoms with Crippen LogP contribution in [0.15, 0.2) is 24.3 Å². The molecule has 2 atom stereocenters. The van der Waals surface area contributed by atoms with Crippen molar-refractivity contribution < 1.29 is 14.6 Å². The van der Waals surface area contributed by atoms with Gasteiger partial charge in [-0.25, -0.2) is 0 Å². The van der Waals surface area contributed by atoms with Crippen molar-refractivity contribution >= 4 is 18.3 Å². The average molecular weight is 355 g/mol. The normalized spacial score (nSPS) is 25.8. The van der Waals surface area contributed by atoms with Gasteiger partial charge in [-0.05, 0) is 25.3 Å². The van der Waals surface area contributed by atoms with E-state index in [-0.39, 0.29) is 30.3 Å². The second kappa shape index (κ2) is 8.30. The van der Waals surface area contributed by atoms with E-state index in [0.717, 1.165) is 12.1 Å². The summed E-state index contributed by atoms with van der Waals surface area (Å²) in [4.78, 5) is 13.0. The van der Waals surface area contributed by atoms with Crippen molar-refractivity contribution in [3.63, 3.8) is 0 Å². The highest BCUT2D eigenvalue weighted by molar-refractivity contribution is 5.88. The summed E-state index contributed by atoms with van der Waals surface area (Å²) in [6, 6.07) is 8.24. The molecule has 1 amide bonds. The van der Waals surface area contributed by atoms with Crippen molar-refractivity contribution in [2.45, 2.75) is 31.3 Å². The monoisotopic (exact) mass is 354 g/mol. The minimum Gasteiger partial charge on any atom is -0.391 e. The van der Waals surface area contributed by atoms with Gasteiger partial charge < -0.3 is 20.5 Å². The van der Waals surface area contributed by atoms with E-state index in [1.165, 1.54) is 5.56 Å². The molecular weight excluding hydrogens is 328 g/mol. The second-order valence-corrected chi connectivity index (χ2v) is 6.76. The third-order valence-electron chi connectivity index (χ3n) is 5.21. The number of aliphatic hydroxyl groups excluding tert-OH is 1. The molecule has 2 aliphatic rings. The van der Waals surface area contributed by atoms with E-state index in [9.17, 15) is 9.90 Å². The number of hydrogen-bond acceptors (Lipinski definition) is 4. The van der Waals surface area contributed by atoms with Crippen molar-refractivity contribution in [2.24, 2.45) is 5.92 Å². The van der Waals surface area contributed by atoms with E-state index < -0.39 is 5.41 Å². The third kappa shape index (κ3) is 3.91. The molecule has 3 rings (SSSR count). The van der Waals surface area contributed by atoms with Gasteiger partial charge in [-0.3, -0.25) is 4.79 Å². The maximum Gasteiger partial charge on any atom is 0.230 e. The fourth-order valence-corrected chi connectivity index (χ4v) is 3.56. The van der Waals surface area contributed by atoms with Gasteiger partial charge in [0, 0.05) is 38.8 Å². The standard InChI is InChI=1S/C18H26N2O3.ClH/c1-13-2-4-15(5-3-13)18(6-8-23-9-7-18)17(22)20-11-14-10-19-12-16(14)21;/h2-5,14,16,19,21H,6-12H2,1H3,(H,20,22);1H. The van der Waals surface area contributed by atoms with Crippen LogP contribution in [0.5, 0.6) is 0 Å². The van der Waals surface area contributed by atoms with Crippen LogP contribution in [0.3, 0.4) is 0 Å². The number of halogens is 1. The Kier molecular flexibility index (Phi) is 6.63. The Morgan fingerprint density at radius 1 is 1.29 bits per heavy atom. The summed E-state index contributed by atoms with van der Waals surface area (Å²) in [7, 11) is 0. The summed E-state index contributed by atoms with van der Waals surface area (Å²) in [5.41, 5.74) is 1.74. The van der Waals surface area contributed by atoms with E-state index in [1.807, 2.05) is 0 Å². The van der Waals surface area contributed by atoms with Gasteiger partial charge in [-0.15, -0.1) is 12.4 Å². The first-order valence-corrected chi connectivity index (χ1v) is 8.44. The highest BCUT2D eigenvalue weighted by Gasteiger charge is 2.42. The Morgan fingerprint density at radius 3 is 2.54 bits per heavy atom. The number of hydrogen-bond donors (Lipinski definition) is 3. The van der Waals surface area contributed by atoms with Gasteiger partial charge in [0.1, 0.15) is 0 Å². The number of rotatable bonds is 4. The second-order valence-electron chi connectivity index (χ2n) is 6.76. The van der Waals surface area contributed by atoms with Crippen LogP contribution in [0, 0.1) is 12.8 Å². The maximum absolute atomic E-state index is 13.0. The van der Waals surface area contributed by atoms with Crippen LogP contribution in [-0.4, -0.2) is 50.0 Å². The first-order chi connectivity index (χ1) is 11.1. The molecule has 0 saturated carbocycles. The summed E-state index contributed by atoms with van der Waals surface area (Å²) < 4.78 is 5.49. The number of β-amino-alcohol motifs (C(OH)–C–C–N with tert-alkyl or cyclic N) is 1. The number of benzene rings is 1. The molecule has 5 nitrogen and oxygen atoms in total. The predicted molar refractivity (Wildman–Crippen MR) is 95.5 cm³/mol. The summed E-state index contributed by atoms with van der Waals surface area (Å²) in [6.07, 6.45) is 1.03. The molecule has 0 bridgehead atoms. The van der Waals surface area contributed by atoms with Crippen molar-refractivity contribution in [1.29, 1.82) is 0 Å². The maximum atomic E-state index is 13.0. The van der Waals surface area contributed by atoms with E-state index in [0.29, 0.717) is 39.1 Å². The van der Waals surface area contributed by atoms with Crippen LogP contribution >= 0.6 is 12.4 Å². The smallest absolute Gasteiger partial charge is 0.230 e. The molecule has 0 spiro atoms. The summed E-state index contributed by atoms with van der Waals surface area (Å²) in [5.74, 6) is 0.151. The quantitative estimate of drug-likeness (QED) is 0.759. The van der Waals surface area contributed by atoms with Crippen molar-refractivity contribution in [3.8, 4) is 0 Å². The molecule has 0 aromatic heterocycles. The lowest BCUT2D eigenvalue weighted by molar-refractivity contribution is -0.130. The van der Waals surface area contributed by atoms with E-state index in [2.05, 4.69) is 41.8 Å². The minimum absolute atomic E-state index is 0. The Bertz CT molecular complexity index is 544. The zero-order valence-electron chi connectivity index (χ0n) is 14.1. The molecule has 3 N–H and O–H groups in total. The van der Waals surface area contributed by atoms with Crippen LogP contribution in [0.1, 0.15) is 24.0 Å². The molecule has 1 aromatic carbocycles. The fourth-order valence-electron chi connectivity index (χ4n) is 3.56. The van der Waals surface area contributed by atoms with Gasteiger partial charge in [0.2, 0.25) is 5.91 Å². The third-order valence-corrected chi connectivity index (χ3v) is 5.21. The van der Waals surface area contributed by atoms with Crippen molar-refractivity contribution in [3.05, 3.63) is 35.4 Å². The van der Waals surface area contributed by atoms with Gasteiger partial charge in [-0.1, -0.05) is 29.8 Å². The molecule has 24 heavy (non-hydrogen) atoms. The lowest BCUT2D eigenvalue weighted by Gasteiger charge is -2.36. The zero-order chi connectivity index (χ0) is 16.3. The van der Waals surface area contributed by atoms with E-state index in [4.69, 9.17) is 4.74 Å². The van der Waals surface area contributed by atoms with E-state index in [1.54, 1.807) is 0 Å². The van der Waals surface area contributed by atoms with Crippen molar-refractivity contribution in [2.75, 3.05) is 32.8 Å². The first kappa shape index (κ1) is 19.2. The lowest BCUT2D eigenvalue weighted by Crippen LogP contribution is -2.49. The lowest BCUT2D eigenvalue weighted by atomic mass is 9.73. The summed E-state index contributed by atoms with van der Waals surface area (Å²) in [6.45, 7) is 5.14. The minimum atomic E-state index is -0.511. The molecular formula is C18H27ClN2O3. The SMILES string of the molecule is Cc1ccc(C2(C(=O)NCC3CNCC3O)CCOCC2)cc1.Cl. The van der Waals surface area contributed by atoms with Gasteiger partial charge in [-0.2, -0.15) is 0 Å². The molecule has 2 heterocycles. The van der Waals surface area contributed by atoms with Gasteiger partial charge >= 0.3 is 0 Å². The Balaban J connectivity index is 0.00000208. The fraction of sp³-hybridized carbons (Fsp3) is 0.611. The molecule has 2 fully saturated rings. The van der Waals surface area contributed by atoms with Crippen molar-refractivity contribution in [1.82, 2.24) is 10.6 Å². The number of amides is 1. The highest BCUT2D eigenvalue weighted by Crippen LogP contribution is 2.35. The molecule has 2 aliphatic heterocycles. The molecule has 134 valence electrons. The van der Waals surface area contributed by atoms with Gasteiger partial charge in [0.15, 0.2) is 0 Å². The number of ether oxygens (including phenoxy) is 1. The summed E-state index contributed by atoms with van der Waals surface area (Å²) >= 11 is 0. The molecule has 2 saturated heterocycles.